The highest BCUT2D eigenvalue weighted by Crippen LogP contribution is 2.28. The number of halogens is 1. The summed E-state index contributed by atoms with van der Waals surface area (Å²) >= 11 is 6.08. The van der Waals surface area contributed by atoms with Crippen LogP contribution in [0, 0.1) is 0 Å². The third-order valence-electron chi connectivity index (χ3n) is 3.97. The van der Waals surface area contributed by atoms with Crippen LogP contribution in [-0.2, 0) is 6.54 Å². The Kier molecular flexibility index (Phi) is 4.06. The van der Waals surface area contributed by atoms with Crippen molar-refractivity contribution in [2.24, 2.45) is 5.73 Å². The van der Waals surface area contributed by atoms with E-state index in [1.807, 2.05) is 24.3 Å². The second-order valence-corrected chi connectivity index (χ2v) is 5.94. The molecule has 2 aromatic carbocycles. The maximum atomic E-state index is 6.32. The standard InChI is InChI=1S/C17H19ClN2/c18-15-8-4-7-14(9-15)16-11-20(12-17(16)19)10-13-5-2-1-3-6-13/h1-9,16-17H,10-12,19H2/t16-,17+/m1/s1. The molecule has 1 fully saturated rings. The van der Waals surface area contributed by atoms with Crippen LogP contribution in [0.25, 0.3) is 0 Å². The fourth-order valence-corrected chi connectivity index (χ4v) is 3.17. The van der Waals surface area contributed by atoms with Gasteiger partial charge in [-0.25, -0.2) is 0 Å². The van der Waals surface area contributed by atoms with Gasteiger partial charge in [0, 0.05) is 36.6 Å². The highest BCUT2D eigenvalue weighted by atomic mass is 35.5. The summed E-state index contributed by atoms with van der Waals surface area (Å²) in [4.78, 5) is 2.42. The Labute approximate surface area is 125 Å². The van der Waals surface area contributed by atoms with E-state index >= 15 is 0 Å². The summed E-state index contributed by atoms with van der Waals surface area (Å²) in [6.07, 6.45) is 0. The molecule has 2 N–H and O–H groups in total. The van der Waals surface area contributed by atoms with E-state index in [0.717, 1.165) is 24.7 Å². The predicted molar refractivity (Wildman–Crippen MR) is 83.9 cm³/mol. The molecule has 3 rings (SSSR count). The molecule has 104 valence electrons. The summed E-state index contributed by atoms with van der Waals surface area (Å²) in [6, 6.07) is 18.8. The van der Waals surface area contributed by atoms with E-state index in [1.165, 1.54) is 11.1 Å². The molecule has 20 heavy (non-hydrogen) atoms. The number of nitrogens with two attached hydrogens (primary N) is 1. The molecular weight excluding hydrogens is 268 g/mol. The first-order valence-corrected chi connectivity index (χ1v) is 7.37. The summed E-state index contributed by atoms with van der Waals surface area (Å²) in [6.45, 7) is 2.90. The van der Waals surface area contributed by atoms with Gasteiger partial charge in [-0.2, -0.15) is 0 Å². The van der Waals surface area contributed by atoms with Crippen LogP contribution in [0.5, 0.6) is 0 Å². The summed E-state index contributed by atoms with van der Waals surface area (Å²) in [5, 5.41) is 0.788. The quantitative estimate of drug-likeness (QED) is 0.938. The Balaban J connectivity index is 1.71. The number of likely N-dealkylation sites (tertiary alicyclic amines) is 1. The van der Waals surface area contributed by atoms with Gasteiger partial charge in [-0.15, -0.1) is 0 Å². The van der Waals surface area contributed by atoms with Crippen LogP contribution in [0.3, 0.4) is 0 Å². The van der Waals surface area contributed by atoms with Crippen LogP contribution in [0.1, 0.15) is 17.0 Å². The zero-order valence-corrected chi connectivity index (χ0v) is 12.1. The fourth-order valence-electron chi connectivity index (χ4n) is 2.97. The lowest BCUT2D eigenvalue weighted by molar-refractivity contribution is 0.324. The third-order valence-corrected chi connectivity index (χ3v) is 4.20. The first-order chi connectivity index (χ1) is 9.72. The molecule has 1 saturated heterocycles. The molecule has 0 saturated carbocycles. The van der Waals surface area contributed by atoms with Gasteiger partial charge in [0.1, 0.15) is 0 Å². The lowest BCUT2D eigenvalue weighted by Gasteiger charge is -2.16. The number of benzene rings is 2. The largest absolute Gasteiger partial charge is 0.326 e. The minimum atomic E-state index is 0.178. The van der Waals surface area contributed by atoms with Gasteiger partial charge in [-0.05, 0) is 23.3 Å². The van der Waals surface area contributed by atoms with E-state index in [1.54, 1.807) is 0 Å². The molecule has 2 atom stereocenters. The first-order valence-electron chi connectivity index (χ1n) is 7.00. The predicted octanol–water partition coefficient (Wildman–Crippen LogP) is 3.27. The van der Waals surface area contributed by atoms with Gasteiger partial charge in [-0.3, -0.25) is 4.90 Å². The Bertz CT molecular complexity index is 570. The van der Waals surface area contributed by atoms with Gasteiger partial charge in [0.2, 0.25) is 0 Å². The average Bonchev–Trinajstić information content (AvgIpc) is 2.81. The van der Waals surface area contributed by atoms with Crippen molar-refractivity contribution in [3.05, 3.63) is 70.7 Å². The van der Waals surface area contributed by atoms with Gasteiger partial charge < -0.3 is 5.73 Å². The lowest BCUT2D eigenvalue weighted by atomic mass is 9.95. The highest BCUT2D eigenvalue weighted by Gasteiger charge is 2.31. The van der Waals surface area contributed by atoms with E-state index in [4.69, 9.17) is 17.3 Å². The molecule has 1 aliphatic rings. The SMILES string of the molecule is N[C@H]1CN(Cc2ccccc2)C[C@@H]1c1cccc(Cl)c1. The molecule has 1 aliphatic heterocycles. The molecule has 0 radical (unpaired) electrons. The second kappa shape index (κ2) is 5.96. The summed E-state index contributed by atoms with van der Waals surface area (Å²) in [5.41, 5.74) is 8.91. The molecule has 0 unspecified atom stereocenters. The smallest absolute Gasteiger partial charge is 0.0408 e. The van der Waals surface area contributed by atoms with Gasteiger partial charge in [0.25, 0.3) is 0 Å². The van der Waals surface area contributed by atoms with Crippen LogP contribution < -0.4 is 5.73 Å². The maximum Gasteiger partial charge on any atom is 0.0408 e. The van der Waals surface area contributed by atoms with Crippen molar-refractivity contribution in [1.29, 1.82) is 0 Å². The zero-order valence-electron chi connectivity index (χ0n) is 11.4. The maximum absolute atomic E-state index is 6.32. The van der Waals surface area contributed by atoms with E-state index < -0.39 is 0 Å². The van der Waals surface area contributed by atoms with E-state index in [0.29, 0.717) is 5.92 Å². The Hall–Kier alpha value is -1.35. The lowest BCUT2D eigenvalue weighted by Crippen LogP contribution is -2.28. The number of hydrogen-bond donors (Lipinski definition) is 1. The summed E-state index contributed by atoms with van der Waals surface area (Å²) in [5.74, 6) is 0.373. The first kappa shape index (κ1) is 13.6. The summed E-state index contributed by atoms with van der Waals surface area (Å²) in [7, 11) is 0. The fraction of sp³-hybridized carbons (Fsp3) is 0.294. The second-order valence-electron chi connectivity index (χ2n) is 5.51. The van der Waals surface area contributed by atoms with Crippen molar-refractivity contribution in [1.82, 2.24) is 4.90 Å². The van der Waals surface area contributed by atoms with Crippen LogP contribution in [0.2, 0.25) is 5.02 Å². The number of nitrogens with zero attached hydrogens (tertiary/aromatic N) is 1. The van der Waals surface area contributed by atoms with Crippen LogP contribution in [-0.4, -0.2) is 24.0 Å². The Morgan fingerprint density at radius 2 is 1.85 bits per heavy atom. The van der Waals surface area contributed by atoms with Crippen molar-refractivity contribution in [3.8, 4) is 0 Å². The number of rotatable bonds is 3. The van der Waals surface area contributed by atoms with Crippen molar-refractivity contribution in [3.63, 3.8) is 0 Å². The molecule has 3 heteroatoms. The van der Waals surface area contributed by atoms with Gasteiger partial charge in [-0.1, -0.05) is 54.1 Å². The number of hydrogen-bond acceptors (Lipinski definition) is 2. The van der Waals surface area contributed by atoms with Gasteiger partial charge >= 0.3 is 0 Å². The Morgan fingerprint density at radius 1 is 1.05 bits per heavy atom. The highest BCUT2D eigenvalue weighted by molar-refractivity contribution is 6.30. The molecule has 0 spiro atoms. The minimum Gasteiger partial charge on any atom is -0.326 e. The molecule has 0 aromatic heterocycles. The monoisotopic (exact) mass is 286 g/mol. The van der Waals surface area contributed by atoms with E-state index in [9.17, 15) is 0 Å². The normalized spacial score (nSPS) is 23.1. The van der Waals surface area contributed by atoms with Crippen LogP contribution in [0.15, 0.2) is 54.6 Å². The van der Waals surface area contributed by atoms with Crippen LogP contribution in [0.4, 0.5) is 0 Å². The van der Waals surface area contributed by atoms with Crippen molar-refractivity contribution in [2.45, 2.75) is 18.5 Å². The van der Waals surface area contributed by atoms with E-state index in [2.05, 4.69) is 35.2 Å². The van der Waals surface area contributed by atoms with Crippen molar-refractivity contribution < 1.29 is 0 Å². The third kappa shape index (κ3) is 3.04. The van der Waals surface area contributed by atoms with Gasteiger partial charge in [0.05, 0.1) is 0 Å². The van der Waals surface area contributed by atoms with Crippen LogP contribution >= 0.6 is 11.6 Å². The molecule has 2 aromatic rings. The van der Waals surface area contributed by atoms with E-state index in [-0.39, 0.29) is 6.04 Å². The molecule has 0 bridgehead atoms. The van der Waals surface area contributed by atoms with Crippen molar-refractivity contribution in [2.75, 3.05) is 13.1 Å². The van der Waals surface area contributed by atoms with Crippen molar-refractivity contribution >= 4 is 11.6 Å². The molecule has 1 heterocycles. The molecular formula is C17H19ClN2. The summed E-state index contributed by atoms with van der Waals surface area (Å²) < 4.78 is 0. The zero-order chi connectivity index (χ0) is 13.9. The topological polar surface area (TPSA) is 29.3 Å². The minimum absolute atomic E-state index is 0.178. The van der Waals surface area contributed by atoms with Gasteiger partial charge in [0.15, 0.2) is 0 Å². The Morgan fingerprint density at radius 3 is 2.60 bits per heavy atom. The average molecular weight is 287 g/mol. The molecule has 2 nitrogen and oxygen atoms in total. The molecule has 0 aliphatic carbocycles. The molecule has 0 amide bonds.